The van der Waals surface area contributed by atoms with Crippen molar-refractivity contribution >= 4 is 55.2 Å². The van der Waals surface area contributed by atoms with Crippen LogP contribution >= 0.6 is 35.0 Å². The van der Waals surface area contributed by atoms with Gasteiger partial charge < -0.3 is 14.4 Å². The number of carboxylic acid groups (broad SMARTS) is 1. The number of carbonyl (C=O) groups excluding carboxylic acids is 1. The Balaban J connectivity index is 1.85. The summed E-state index contributed by atoms with van der Waals surface area (Å²) in [6, 6.07) is 7.32. The van der Waals surface area contributed by atoms with Crippen molar-refractivity contribution in [3.05, 3.63) is 80.6 Å². The molecule has 1 N–H and O–H groups in total. The fourth-order valence-corrected chi connectivity index (χ4v) is 10.8. The Kier molecular flexibility index (Phi) is 13.5. The highest BCUT2D eigenvalue weighted by molar-refractivity contribution is 7.98. The molecule has 2 aromatic carbocycles. The van der Waals surface area contributed by atoms with Gasteiger partial charge in [-0.1, -0.05) is 44.0 Å². The molecule has 4 rings (SSSR count). The minimum Gasteiger partial charge on any atom is -0.481 e. The number of carbonyl (C=O) groups is 2. The van der Waals surface area contributed by atoms with Crippen LogP contribution in [0.5, 0.6) is 0 Å². The minimum atomic E-state index is -5.02. The first-order chi connectivity index (χ1) is 23.6. The number of carboxylic acids is 1. The van der Waals surface area contributed by atoms with E-state index >= 15 is 0 Å². The number of hydrogen-bond acceptors (Lipinski definition) is 5. The fourth-order valence-electron chi connectivity index (χ4n) is 6.63. The van der Waals surface area contributed by atoms with Gasteiger partial charge in [-0.3, -0.25) is 14.3 Å². The maximum Gasteiger partial charge on any atom is 0.433 e. The van der Waals surface area contributed by atoms with Gasteiger partial charge in [0.1, 0.15) is 11.6 Å². The van der Waals surface area contributed by atoms with E-state index in [4.69, 9.17) is 27.6 Å². The summed E-state index contributed by atoms with van der Waals surface area (Å²) in [6.07, 6.45) is -2.77. The predicted octanol–water partition coefficient (Wildman–Crippen LogP) is 10.4. The zero-order valence-electron chi connectivity index (χ0n) is 28.1. The molecule has 1 fully saturated rings. The third kappa shape index (κ3) is 9.22. The van der Waals surface area contributed by atoms with Crippen molar-refractivity contribution in [1.82, 2.24) is 14.7 Å². The molecular formula is C34H40Cl2F5N3O4SSi. The van der Waals surface area contributed by atoms with Gasteiger partial charge in [-0.15, -0.1) is 11.8 Å². The monoisotopic (exact) mass is 779 g/mol. The van der Waals surface area contributed by atoms with E-state index in [1.54, 1.807) is 12.1 Å². The Bertz CT molecular complexity index is 1630. The zero-order valence-corrected chi connectivity index (χ0v) is 31.5. The molecule has 7 nitrogen and oxygen atoms in total. The van der Waals surface area contributed by atoms with Crippen molar-refractivity contribution in [2.75, 3.05) is 12.8 Å². The van der Waals surface area contributed by atoms with Gasteiger partial charge in [0.05, 0.1) is 36.4 Å². The minimum absolute atomic E-state index is 0.00227. The highest BCUT2D eigenvalue weighted by atomic mass is 35.5. The normalized spacial score (nSPS) is 17.5. The van der Waals surface area contributed by atoms with Crippen molar-refractivity contribution in [2.24, 2.45) is 5.92 Å². The van der Waals surface area contributed by atoms with E-state index in [1.807, 2.05) is 27.0 Å². The quantitative estimate of drug-likeness (QED) is 0.0996. The summed E-state index contributed by atoms with van der Waals surface area (Å²) in [4.78, 5) is 27.7. The lowest BCUT2D eigenvalue weighted by Gasteiger charge is -2.37. The standard InChI is InChI=1S/C34H40Cl2F5N3O4SSi/c1-5-50(6-2,7-3)48-29(30-27(35)15-25(49-4)16-28(30)36)19-43(18-20-12-22(37)14-23(38)13-20)32(45)26-17-42-44(31(26)34(39,40)41)24-10-8-21(9-11-24)33(46)47/h12-17,21,24,29H,5-11,18-19H2,1-4H3,(H,46,47). The summed E-state index contributed by atoms with van der Waals surface area (Å²) in [7, 11) is -2.51. The van der Waals surface area contributed by atoms with Gasteiger partial charge in [0.15, 0.2) is 14.0 Å². The lowest BCUT2D eigenvalue weighted by molar-refractivity contribution is -0.147. The number of thioether (sulfide) groups is 1. The van der Waals surface area contributed by atoms with Crippen LogP contribution in [0, 0.1) is 17.6 Å². The van der Waals surface area contributed by atoms with E-state index in [1.165, 1.54) is 11.8 Å². The van der Waals surface area contributed by atoms with E-state index in [0.717, 1.165) is 32.8 Å². The molecule has 0 saturated heterocycles. The van der Waals surface area contributed by atoms with E-state index in [2.05, 4.69) is 5.10 Å². The molecule has 50 heavy (non-hydrogen) atoms. The molecular weight excluding hydrogens is 740 g/mol. The summed E-state index contributed by atoms with van der Waals surface area (Å²) in [5.41, 5.74) is -1.69. The third-order valence-corrected chi connectivity index (χ3v) is 15.6. The number of hydrogen-bond donors (Lipinski definition) is 1. The number of halogens is 7. The fraction of sp³-hybridized carbons (Fsp3) is 0.500. The second-order valence-corrected chi connectivity index (χ2v) is 18.9. The van der Waals surface area contributed by atoms with Crippen LogP contribution in [0.2, 0.25) is 28.2 Å². The Morgan fingerprint density at radius 1 is 1.02 bits per heavy atom. The van der Waals surface area contributed by atoms with E-state index < -0.39 is 73.9 Å². The third-order valence-electron chi connectivity index (χ3n) is 9.59. The highest BCUT2D eigenvalue weighted by Gasteiger charge is 2.44. The van der Waals surface area contributed by atoms with Crippen LogP contribution in [0.4, 0.5) is 22.0 Å². The maximum atomic E-state index is 14.8. The molecule has 1 atom stereocenters. The van der Waals surface area contributed by atoms with Gasteiger partial charge in [0, 0.05) is 33.1 Å². The second kappa shape index (κ2) is 16.8. The Morgan fingerprint density at radius 2 is 1.58 bits per heavy atom. The number of amides is 1. The lowest BCUT2D eigenvalue weighted by Crippen LogP contribution is -2.42. The summed E-state index contributed by atoms with van der Waals surface area (Å²) < 4.78 is 80.9. The summed E-state index contributed by atoms with van der Waals surface area (Å²) in [5, 5.41) is 13.9. The summed E-state index contributed by atoms with van der Waals surface area (Å²) in [5.74, 6) is -4.62. The van der Waals surface area contributed by atoms with Gasteiger partial charge in [0.25, 0.3) is 5.91 Å². The van der Waals surface area contributed by atoms with Crippen molar-refractivity contribution in [1.29, 1.82) is 0 Å². The number of rotatable bonds is 14. The second-order valence-electron chi connectivity index (χ2n) is 12.5. The largest absolute Gasteiger partial charge is 0.481 e. The van der Waals surface area contributed by atoms with Gasteiger partial charge in [0.2, 0.25) is 0 Å². The first-order valence-electron chi connectivity index (χ1n) is 16.4. The average Bonchev–Trinajstić information content (AvgIpc) is 3.52. The highest BCUT2D eigenvalue weighted by Crippen LogP contribution is 2.42. The number of aromatic nitrogens is 2. The van der Waals surface area contributed by atoms with Gasteiger partial charge in [-0.25, -0.2) is 8.78 Å². The molecule has 1 saturated carbocycles. The summed E-state index contributed by atoms with van der Waals surface area (Å²) >= 11 is 15.0. The predicted molar refractivity (Wildman–Crippen MR) is 186 cm³/mol. The molecule has 274 valence electrons. The molecule has 1 aliphatic carbocycles. The Hall–Kier alpha value is -2.65. The van der Waals surface area contributed by atoms with Gasteiger partial charge >= 0.3 is 12.1 Å². The molecule has 0 aliphatic heterocycles. The van der Waals surface area contributed by atoms with Crippen molar-refractivity contribution in [2.45, 2.75) is 94.3 Å². The van der Waals surface area contributed by atoms with Crippen LogP contribution in [0.3, 0.4) is 0 Å². The molecule has 1 heterocycles. The SMILES string of the molecule is CC[Si](CC)(CC)OC(CN(Cc1cc(F)cc(F)c1)C(=O)c1cnn(C2CCC(C(=O)O)CC2)c1C(F)(F)F)c1c(Cl)cc(SC)cc1Cl. The molecule has 0 spiro atoms. The van der Waals surface area contributed by atoms with Crippen molar-refractivity contribution in [3.8, 4) is 0 Å². The first-order valence-corrected chi connectivity index (χ1v) is 20.9. The van der Waals surface area contributed by atoms with E-state index in [-0.39, 0.29) is 47.8 Å². The van der Waals surface area contributed by atoms with Crippen molar-refractivity contribution in [3.63, 3.8) is 0 Å². The van der Waals surface area contributed by atoms with Crippen LogP contribution in [0.25, 0.3) is 0 Å². The van der Waals surface area contributed by atoms with Gasteiger partial charge in [-0.2, -0.15) is 18.3 Å². The average molecular weight is 781 g/mol. The number of aliphatic carboxylic acids is 1. The lowest BCUT2D eigenvalue weighted by atomic mass is 9.86. The molecule has 1 amide bonds. The Labute approximate surface area is 303 Å². The number of alkyl halides is 3. The summed E-state index contributed by atoms with van der Waals surface area (Å²) in [6.45, 7) is 5.14. The first kappa shape index (κ1) is 40.1. The van der Waals surface area contributed by atoms with Crippen molar-refractivity contribution < 1.29 is 41.1 Å². The smallest absolute Gasteiger partial charge is 0.433 e. The van der Waals surface area contributed by atoms with E-state index in [0.29, 0.717) is 29.8 Å². The number of nitrogens with zero attached hydrogens (tertiary/aromatic N) is 3. The van der Waals surface area contributed by atoms with Gasteiger partial charge in [-0.05, 0) is 79.9 Å². The molecule has 1 aliphatic rings. The van der Waals surface area contributed by atoms with Crippen LogP contribution in [0.15, 0.2) is 41.4 Å². The Morgan fingerprint density at radius 3 is 2.06 bits per heavy atom. The number of benzene rings is 2. The molecule has 0 radical (unpaired) electrons. The molecule has 3 aromatic rings. The molecule has 16 heteroatoms. The van der Waals surface area contributed by atoms with Crippen LogP contribution in [-0.2, 0) is 21.9 Å². The van der Waals surface area contributed by atoms with Crippen LogP contribution < -0.4 is 0 Å². The molecule has 0 bridgehead atoms. The zero-order chi connectivity index (χ0) is 37.0. The van der Waals surface area contributed by atoms with Crippen LogP contribution in [-0.4, -0.2) is 52.8 Å². The molecule has 1 unspecified atom stereocenters. The maximum absolute atomic E-state index is 14.8. The van der Waals surface area contributed by atoms with E-state index in [9.17, 15) is 36.6 Å². The molecule has 1 aromatic heterocycles. The topological polar surface area (TPSA) is 84.7 Å². The van der Waals surface area contributed by atoms with Crippen LogP contribution in [0.1, 0.15) is 85.8 Å².